The minimum absolute atomic E-state index is 0.185. The highest BCUT2D eigenvalue weighted by atomic mass is 32.1. The highest BCUT2D eigenvalue weighted by molar-refractivity contribution is 7.12. The number of carbonyl (C=O) groups excluding carboxylic acids is 2. The molecule has 1 saturated heterocycles. The van der Waals surface area contributed by atoms with Gasteiger partial charge in [-0.2, -0.15) is 0 Å². The summed E-state index contributed by atoms with van der Waals surface area (Å²) >= 11 is 1.34. The Morgan fingerprint density at radius 3 is 2.64 bits per heavy atom. The lowest BCUT2D eigenvalue weighted by atomic mass is 10.1. The number of hydrogen-bond acceptors (Lipinski definition) is 6. The van der Waals surface area contributed by atoms with Gasteiger partial charge in [0.15, 0.2) is 11.5 Å². The summed E-state index contributed by atoms with van der Waals surface area (Å²) in [5.74, 6) is 0.830. The molecule has 0 spiro atoms. The number of nitrogens with one attached hydrogen (secondary N) is 1. The molecule has 0 radical (unpaired) electrons. The van der Waals surface area contributed by atoms with Gasteiger partial charge in [0.05, 0.1) is 4.88 Å². The van der Waals surface area contributed by atoms with Gasteiger partial charge in [-0.05, 0) is 42.3 Å². The Balaban J connectivity index is 1.60. The minimum Gasteiger partial charge on any atom is -0.454 e. The first kappa shape index (κ1) is 18.5. The maximum Gasteiger partial charge on any atom is 0.270 e. The van der Waals surface area contributed by atoms with Gasteiger partial charge in [-0.25, -0.2) is 0 Å². The standard InChI is InChI=1S/C20H21N3O4S/c1-22-6-8-23(9-7-22)20(25)15(21-19(24)18-3-2-10-28-18)11-14-4-5-16-17(12-14)27-13-26-16/h2-5,10-12H,6-9,13H2,1H3,(H,21,24)/b15-11-. The van der Waals surface area contributed by atoms with E-state index in [0.29, 0.717) is 29.5 Å². The van der Waals surface area contributed by atoms with Crippen LogP contribution < -0.4 is 14.8 Å². The van der Waals surface area contributed by atoms with Gasteiger partial charge in [0.1, 0.15) is 5.70 Å². The zero-order chi connectivity index (χ0) is 19.5. The number of likely N-dealkylation sites (N-methyl/N-ethyl adjacent to an activating group) is 1. The lowest BCUT2D eigenvalue weighted by molar-refractivity contribution is -0.128. The van der Waals surface area contributed by atoms with E-state index in [4.69, 9.17) is 9.47 Å². The average molecular weight is 399 g/mol. The van der Waals surface area contributed by atoms with E-state index in [0.717, 1.165) is 18.7 Å². The highest BCUT2D eigenvalue weighted by Crippen LogP contribution is 2.33. The molecular formula is C20H21N3O4S. The summed E-state index contributed by atoms with van der Waals surface area (Å²) < 4.78 is 10.7. The fourth-order valence-electron chi connectivity index (χ4n) is 3.09. The van der Waals surface area contributed by atoms with Crippen LogP contribution in [0.2, 0.25) is 0 Å². The SMILES string of the molecule is CN1CCN(C(=O)/C(=C/c2ccc3c(c2)OCO3)NC(=O)c2cccs2)CC1. The molecule has 0 atom stereocenters. The second-order valence-electron chi connectivity index (χ2n) is 6.70. The summed E-state index contributed by atoms with van der Waals surface area (Å²) in [5, 5.41) is 4.63. The molecule has 0 unspecified atom stereocenters. The molecule has 2 aliphatic rings. The van der Waals surface area contributed by atoms with E-state index >= 15 is 0 Å². The fraction of sp³-hybridized carbons (Fsp3) is 0.300. The molecule has 28 heavy (non-hydrogen) atoms. The zero-order valence-electron chi connectivity index (χ0n) is 15.5. The molecule has 4 rings (SSSR count). The van der Waals surface area contributed by atoms with Gasteiger partial charge >= 0.3 is 0 Å². The predicted octanol–water partition coefficient (Wildman–Crippen LogP) is 2.02. The lowest BCUT2D eigenvalue weighted by Gasteiger charge is -2.33. The maximum absolute atomic E-state index is 13.1. The Bertz CT molecular complexity index is 902. The Kier molecular flexibility index (Phi) is 5.31. The van der Waals surface area contributed by atoms with Gasteiger partial charge in [0.2, 0.25) is 6.79 Å². The van der Waals surface area contributed by atoms with Crippen LogP contribution in [0.25, 0.3) is 6.08 Å². The summed E-state index contributed by atoms with van der Waals surface area (Å²) in [6.07, 6.45) is 1.69. The summed E-state index contributed by atoms with van der Waals surface area (Å²) in [4.78, 5) is 30.2. The van der Waals surface area contributed by atoms with Crippen molar-refractivity contribution in [2.24, 2.45) is 0 Å². The Hall–Kier alpha value is -2.84. The number of nitrogens with zero attached hydrogens (tertiary/aromatic N) is 2. The van der Waals surface area contributed by atoms with E-state index in [2.05, 4.69) is 10.2 Å². The molecular weight excluding hydrogens is 378 g/mol. The molecule has 2 amide bonds. The van der Waals surface area contributed by atoms with E-state index in [9.17, 15) is 9.59 Å². The Labute approximate surface area is 167 Å². The minimum atomic E-state index is -0.288. The van der Waals surface area contributed by atoms with Crippen LogP contribution in [0.3, 0.4) is 0 Å². The van der Waals surface area contributed by atoms with Gasteiger partial charge in [0.25, 0.3) is 11.8 Å². The fourth-order valence-corrected chi connectivity index (χ4v) is 3.71. The van der Waals surface area contributed by atoms with Crippen molar-refractivity contribution >= 4 is 29.2 Å². The molecule has 0 bridgehead atoms. The molecule has 1 aromatic carbocycles. The van der Waals surface area contributed by atoms with Crippen molar-refractivity contribution < 1.29 is 19.1 Å². The van der Waals surface area contributed by atoms with Crippen LogP contribution in [0.15, 0.2) is 41.4 Å². The Morgan fingerprint density at radius 1 is 1.11 bits per heavy atom. The topological polar surface area (TPSA) is 71.1 Å². The summed E-state index contributed by atoms with van der Waals surface area (Å²) in [7, 11) is 2.03. The van der Waals surface area contributed by atoms with Crippen LogP contribution >= 0.6 is 11.3 Å². The van der Waals surface area contributed by atoms with Gasteiger partial charge in [-0.3, -0.25) is 9.59 Å². The van der Waals surface area contributed by atoms with Gasteiger partial charge in [0, 0.05) is 26.2 Å². The van der Waals surface area contributed by atoms with Crippen molar-refractivity contribution in [3.63, 3.8) is 0 Å². The molecule has 1 N–H and O–H groups in total. The largest absolute Gasteiger partial charge is 0.454 e. The number of carbonyl (C=O) groups is 2. The maximum atomic E-state index is 13.1. The van der Waals surface area contributed by atoms with E-state index < -0.39 is 0 Å². The number of fused-ring (bicyclic) bond motifs is 1. The normalized spacial score (nSPS) is 16.9. The third-order valence-corrected chi connectivity index (χ3v) is 5.59. The molecule has 0 aliphatic carbocycles. The molecule has 0 saturated carbocycles. The van der Waals surface area contributed by atoms with Crippen LogP contribution in [-0.4, -0.2) is 61.6 Å². The van der Waals surface area contributed by atoms with Crippen LogP contribution in [0, 0.1) is 0 Å². The van der Waals surface area contributed by atoms with Gasteiger partial charge in [-0.1, -0.05) is 12.1 Å². The van der Waals surface area contributed by atoms with Crippen molar-refractivity contribution in [3.05, 3.63) is 51.8 Å². The first-order valence-electron chi connectivity index (χ1n) is 9.04. The summed E-state index contributed by atoms with van der Waals surface area (Å²) in [5.41, 5.74) is 1.01. The van der Waals surface area contributed by atoms with Gasteiger partial charge in [-0.15, -0.1) is 11.3 Å². The van der Waals surface area contributed by atoms with Crippen molar-refractivity contribution in [2.45, 2.75) is 0 Å². The van der Waals surface area contributed by atoms with Crippen molar-refractivity contribution in [1.29, 1.82) is 0 Å². The predicted molar refractivity (Wildman–Crippen MR) is 106 cm³/mol. The Morgan fingerprint density at radius 2 is 1.89 bits per heavy atom. The average Bonchev–Trinajstić information content (AvgIpc) is 3.39. The number of amides is 2. The molecule has 1 aromatic heterocycles. The number of benzene rings is 1. The van der Waals surface area contributed by atoms with E-state index in [1.807, 2.05) is 24.6 Å². The van der Waals surface area contributed by atoms with Crippen LogP contribution in [0.4, 0.5) is 0 Å². The molecule has 2 aliphatic heterocycles. The van der Waals surface area contributed by atoms with Crippen molar-refractivity contribution in [2.75, 3.05) is 40.0 Å². The van der Waals surface area contributed by atoms with Crippen LogP contribution in [0.1, 0.15) is 15.2 Å². The molecule has 1 fully saturated rings. The number of ether oxygens (including phenoxy) is 2. The molecule has 7 nitrogen and oxygen atoms in total. The smallest absolute Gasteiger partial charge is 0.270 e. The lowest BCUT2D eigenvalue weighted by Crippen LogP contribution is -2.49. The summed E-state index contributed by atoms with van der Waals surface area (Å²) in [6.45, 7) is 3.06. The number of thiophene rings is 1. The van der Waals surface area contributed by atoms with Crippen molar-refractivity contribution in [3.8, 4) is 11.5 Å². The van der Waals surface area contributed by atoms with Crippen molar-refractivity contribution in [1.82, 2.24) is 15.1 Å². The quantitative estimate of drug-likeness (QED) is 0.797. The summed E-state index contributed by atoms with van der Waals surface area (Å²) in [6, 6.07) is 8.98. The number of hydrogen-bond donors (Lipinski definition) is 1. The molecule has 2 aromatic rings. The molecule has 3 heterocycles. The second kappa shape index (κ2) is 8.04. The third-order valence-electron chi connectivity index (χ3n) is 4.72. The number of piperazine rings is 1. The zero-order valence-corrected chi connectivity index (χ0v) is 16.3. The van der Waals surface area contributed by atoms with E-state index in [-0.39, 0.29) is 24.3 Å². The second-order valence-corrected chi connectivity index (χ2v) is 7.65. The monoisotopic (exact) mass is 399 g/mol. The first-order valence-corrected chi connectivity index (χ1v) is 9.92. The first-order chi connectivity index (χ1) is 13.6. The van der Waals surface area contributed by atoms with Crippen LogP contribution in [0.5, 0.6) is 11.5 Å². The highest BCUT2D eigenvalue weighted by Gasteiger charge is 2.24. The van der Waals surface area contributed by atoms with E-state index in [1.165, 1.54) is 11.3 Å². The van der Waals surface area contributed by atoms with Gasteiger partial charge < -0.3 is 24.6 Å². The molecule has 8 heteroatoms. The number of rotatable bonds is 4. The van der Waals surface area contributed by atoms with Crippen LogP contribution in [-0.2, 0) is 4.79 Å². The third kappa shape index (κ3) is 4.02. The molecule has 146 valence electrons. The van der Waals surface area contributed by atoms with E-state index in [1.54, 1.807) is 29.2 Å².